The van der Waals surface area contributed by atoms with Crippen LogP contribution >= 0.6 is 31.9 Å². The third-order valence-corrected chi connectivity index (χ3v) is 5.04. The summed E-state index contributed by atoms with van der Waals surface area (Å²) < 4.78 is 0.196. The van der Waals surface area contributed by atoms with Gasteiger partial charge in [0.25, 0.3) is 0 Å². The molecule has 1 aliphatic rings. The maximum atomic E-state index is 5.31. The van der Waals surface area contributed by atoms with Gasteiger partial charge in [0.05, 0.1) is 4.83 Å². The second-order valence-electron chi connectivity index (χ2n) is 2.77. The minimum Gasteiger partial charge on any atom is -0.119 e. The van der Waals surface area contributed by atoms with Crippen LogP contribution < -0.4 is 0 Å². The Morgan fingerprint density at radius 1 is 1.40 bits per heavy atom. The fourth-order valence-corrected chi connectivity index (χ4v) is 2.52. The molecule has 1 unspecified atom stereocenters. The summed E-state index contributed by atoms with van der Waals surface area (Å²) in [7, 11) is 0. The summed E-state index contributed by atoms with van der Waals surface area (Å²) >= 11 is 7.16. The molecule has 0 amide bonds. The van der Waals surface area contributed by atoms with Gasteiger partial charge in [-0.15, -0.1) is 6.42 Å². The lowest BCUT2D eigenvalue weighted by atomic mass is 10.0. The van der Waals surface area contributed by atoms with Gasteiger partial charge in [-0.3, -0.25) is 0 Å². The van der Waals surface area contributed by atoms with Crippen molar-refractivity contribution in [1.82, 2.24) is 0 Å². The van der Waals surface area contributed by atoms with Crippen LogP contribution in [0.5, 0.6) is 0 Å². The average Bonchev–Trinajstić information content (AvgIpc) is 2.36. The molecule has 2 heteroatoms. The quantitative estimate of drug-likeness (QED) is 0.505. The maximum absolute atomic E-state index is 5.31. The van der Waals surface area contributed by atoms with E-state index in [1.165, 1.54) is 25.7 Å². The molecule has 0 aromatic heterocycles. The highest BCUT2D eigenvalue weighted by Crippen LogP contribution is 2.42. The van der Waals surface area contributed by atoms with E-state index in [-0.39, 0.29) is 9.15 Å². The highest BCUT2D eigenvalue weighted by Gasteiger charge is 2.36. The molecule has 0 aromatic rings. The molecule has 0 heterocycles. The monoisotopic (exact) mass is 264 g/mol. The zero-order valence-corrected chi connectivity index (χ0v) is 8.91. The highest BCUT2D eigenvalue weighted by molar-refractivity contribution is 9.12. The molecule has 1 atom stereocenters. The molecule has 0 N–H and O–H groups in total. The molecular weight excluding hydrogens is 256 g/mol. The predicted octanol–water partition coefficient (Wildman–Crippen LogP) is 3.09. The van der Waals surface area contributed by atoms with Gasteiger partial charge in [0.2, 0.25) is 0 Å². The average molecular weight is 266 g/mol. The molecule has 1 aliphatic carbocycles. The Morgan fingerprint density at radius 2 is 1.90 bits per heavy atom. The van der Waals surface area contributed by atoms with Crippen LogP contribution in [0.15, 0.2) is 0 Å². The first kappa shape index (κ1) is 8.62. The molecule has 0 nitrogen and oxygen atoms in total. The van der Waals surface area contributed by atoms with Crippen LogP contribution in [0.3, 0.4) is 0 Å². The van der Waals surface area contributed by atoms with Crippen molar-refractivity contribution in [3.63, 3.8) is 0 Å². The van der Waals surface area contributed by atoms with Crippen LogP contribution in [0.25, 0.3) is 0 Å². The van der Waals surface area contributed by atoms with Crippen molar-refractivity contribution in [1.29, 1.82) is 0 Å². The Bertz CT molecular complexity index is 151. The van der Waals surface area contributed by atoms with E-state index in [9.17, 15) is 0 Å². The van der Waals surface area contributed by atoms with E-state index in [2.05, 4.69) is 37.8 Å². The topological polar surface area (TPSA) is 0 Å². The van der Waals surface area contributed by atoms with E-state index in [1.807, 2.05) is 0 Å². The Labute approximate surface area is 79.0 Å². The first-order chi connectivity index (χ1) is 4.69. The fourth-order valence-electron chi connectivity index (χ4n) is 1.37. The largest absolute Gasteiger partial charge is 0.119 e. The molecule has 0 saturated heterocycles. The Morgan fingerprint density at radius 3 is 2.30 bits per heavy atom. The van der Waals surface area contributed by atoms with Crippen LogP contribution in [-0.4, -0.2) is 9.15 Å². The van der Waals surface area contributed by atoms with E-state index in [0.717, 1.165) is 0 Å². The molecule has 1 saturated carbocycles. The number of alkyl halides is 2. The fraction of sp³-hybridized carbons (Fsp3) is 0.750. The summed E-state index contributed by atoms with van der Waals surface area (Å²) in [6, 6.07) is 0. The van der Waals surface area contributed by atoms with Crippen molar-refractivity contribution >= 4 is 31.9 Å². The summed E-state index contributed by atoms with van der Waals surface area (Å²) in [6.45, 7) is 0. The lowest BCUT2D eigenvalue weighted by Gasteiger charge is -2.22. The van der Waals surface area contributed by atoms with Gasteiger partial charge in [-0.1, -0.05) is 50.6 Å². The van der Waals surface area contributed by atoms with E-state index in [1.54, 1.807) is 0 Å². The molecule has 56 valence electrons. The third kappa shape index (κ3) is 1.57. The number of hydrogen-bond acceptors (Lipinski definition) is 0. The summed E-state index contributed by atoms with van der Waals surface area (Å²) in [4.78, 5) is 0.197. The Kier molecular flexibility index (Phi) is 2.82. The van der Waals surface area contributed by atoms with Crippen molar-refractivity contribution in [3.05, 3.63) is 0 Å². The van der Waals surface area contributed by atoms with Crippen LogP contribution in [-0.2, 0) is 0 Å². The van der Waals surface area contributed by atoms with Gasteiger partial charge in [-0.25, -0.2) is 0 Å². The standard InChI is InChI=1S/C8H10Br2/c1-2-7(9)8(10)5-3-4-6-8/h1,7H,3-6H2. The van der Waals surface area contributed by atoms with Crippen LogP contribution in [0.4, 0.5) is 0 Å². The van der Waals surface area contributed by atoms with Gasteiger partial charge < -0.3 is 0 Å². The molecule has 0 radical (unpaired) electrons. The second kappa shape index (κ2) is 3.28. The van der Waals surface area contributed by atoms with Gasteiger partial charge in [0.15, 0.2) is 0 Å². The van der Waals surface area contributed by atoms with Gasteiger partial charge in [-0.2, -0.15) is 0 Å². The molecule has 1 fully saturated rings. The SMILES string of the molecule is C#CC(Br)C1(Br)CCCC1. The summed E-state index contributed by atoms with van der Waals surface area (Å²) in [5, 5.41) is 0. The molecular formula is C8H10Br2. The minimum atomic E-state index is 0.196. The van der Waals surface area contributed by atoms with Gasteiger partial charge in [-0.05, 0) is 12.8 Å². The number of halogens is 2. The van der Waals surface area contributed by atoms with Crippen molar-refractivity contribution in [2.75, 3.05) is 0 Å². The van der Waals surface area contributed by atoms with Gasteiger partial charge >= 0.3 is 0 Å². The van der Waals surface area contributed by atoms with Crippen LogP contribution in [0.1, 0.15) is 25.7 Å². The van der Waals surface area contributed by atoms with Crippen LogP contribution in [0, 0.1) is 12.3 Å². The molecule has 0 spiro atoms. The van der Waals surface area contributed by atoms with Crippen molar-refractivity contribution in [2.24, 2.45) is 0 Å². The lowest BCUT2D eigenvalue weighted by molar-refractivity contribution is 0.659. The Hall–Kier alpha value is 0.520. The zero-order chi connectivity index (χ0) is 7.61. The predicted molar refractivity (Wildman–Crippen MR) is 51.7 cm³/mol. The highest BCUT2D eigenvalue weighted by atomic mass is 79.9. The molecule has 0 aromatic carbocycles. The first-order valence-corrected chi connectivity index (χ1v) is 5.19. The zero-order valence-electron chi connectivity index (χ0n) is 5.74. The maximum Gasteiger partial charge on any atom is 0.0904 e. The molecule has 0 aliphatic heterocycles. The molecule has 0 bridgehead atoms. The smallest absolute Gasteiger partial charge is 0.0904 e. The normalized spacial score (nSPS) is 25.7. The van der Waals surface area contributed by atoms with Crippen molar-refractivity contribution in [3.8, 4) is 12.3 Å². The van der Waals surface area contributed by atoms with E-state index >= 15 is 0 Å². The first-order valence-electron chi connectivity index (χ1n) is 3.48. The number of rotatable bonds is 1. The molecule has 10 heavy (non-hydrogen) atoms. The third-order valence-electron chi connectivity index (χ3n) is 2.04. The Balaban J connectivity index is 2.60. The number of hydrogen-bond donors (Lipinski definition) is 0. The second-order valence-corrected chi connectivity index (χ2v) is 5.27. The van der Waals surface area contributed by atoms with Crippen molar-refractivity contribution in [2.45, 2.75) is 34.8 Å². The molecule has 1 rings (SSSR count). The minimum absolute atomic E-state index is 0.196. The van der Waals surface area contributed by atoms with E-state index in [4.69, 9.17) is 6.42 Å². The van der Waals surface area contributed by atoms with Gasteiger partial charge in [0.1, 0.15) is 0 Å². The van der Waals surface area contributed by atoms with E-state index in [0.29, 0.717) is 0 Å². The summed E-state index contributed by atoms with van der Waals surface area (Å²) in [5.41, 5.74) is 0. The lowest BCUT2D eigenvalue weighted by Crippen LogP contribution is -2.26. The summed E-state index contributed by atoms with van der Waals surface area (Å²) in [5.74, 6) is 2.72. The summed E-state index contributed by atoms with van der Waals surface area (Å²) in [6.07, 6.45) is 10.3. The van der Waals surface area contributed by atoms with Crippen LogP contribution in [0.2, 0.25) is 0 Å². The van der Waals surface area contributed by atoms with Crippen molar-refractivity contribution < 1.29 is 0 Å². The van der Waals surface area contributed by atoms with Gasteiger partial charge in [0, 0.05) is 4.32 Å². The number of terminal acetylenes is 1. The van der Waals surface area contributed by atoms with E-state index < -0.39 is 0 Å².